The molecule has 0 unspecified atom stereocenters. The van der Waals surface area contributed by atoms with Crippen LogP contribution in [0.25, 0.3) is 0 Å². The molecule has 0 aliphatic carbocycles. The van der Waals surface area contributed by atoms with Crippen LogP contribution < -0.4 is 23.7 Å². The molecule has 0 amide bonds. The minimum absolute atomic E-state index is 0.533. The molecule has 144 valence electrons. The van der Waals surface area contributed by atoms with Crippen LogP contribution in [0.4, 0.5) is 0 Å². The predicted octanol–water partition coefficient (Wildman–Crippen LogP) is 3.69. The number of rotatable bonds is 5. The van der Waals surface area contributed by atoms with Gasteiger partial charge in [0.2, 0.25) is 5.75 Å². The van der Waals surface area contributed by atoms with Crippen LogP contribution in [0.3, 0.4) is 0 Å². The van der Waals surface area contributed by atoms with E-state index in [2.05, 4.69) is 23.7 Å². The molecule has 0 saturated heterocycles. The second-order valence-electron chi connectivity index (χ2n) is 5.35. The molecule has 2 aromatic rings. The molecule has 0 radical (unpaired) electrons. The summed E-state index contributed by atoms with van der Waals surface area (Å²) in [6.07, 6.45) is 3.35. The molecular formula is C23H22O5. The molecule has 5 nitrogen and oxygen atoms in total. The Morgan fingerprint density at radius 1 is 0.643 bits per heavy atom. The SMILES string of the molecule is COc1ccc(C#C/C=C\C#Cc2cc(OC)c(OC)c(OC)c2)c(OC)c1. The summed E-state index contributed by atoms with van der Waals surface area (Å²) in [7, 11) is 7.90. The quantitative estimate of drug-likeness (QED) is 0.743. The minimum atomic E-state index is 0.533. The highest BCUT2D eigenvalue weighted by atomic mass is 16.5. The van der Waals surface area contributed by atoms with Gasteiger partial charge in [-0.2, -0.15) is 0 Å². The summed E-state index contributed by atoms with van der Waals surface area (Å²) >= 11 is 0. The molecule has 0 aromatic heterocycles. The fourth-order valence-corrected chi connectivity index (χ4v) is 2.38. The van der Waals surface area contributed by atoms with E-state index in [0.29, 0.717) is 28.7 Å². The van der Waals surface area contributed by atoms with Gasteiger partial charge in [-0.1, -0.05) is 23.7 Å². The van der Waals surface area contributed by atoms with Gasteiger partial charge in [0.25, 0.3) is 0 Å². The molecule has 0 heterocycles. The van der Waals surface area contributed by atoms with Crippen molar-refractivity contribution in [3.63, 3.8) is 0 Å². The van der Waals surface area contributed by atoms with E-state index >= 15 is 0 Å². The zero-order chi connectivity index (χ0) is 20.4. The number of benzene rings is 2. The number of ether oxygens (including phenoxy) is 5. The van der Waals surface area contributed by atoms with Crippen molar-refractivity contribution in [2.75, 3.05) is 35.5 Å². The van der Waals surface area contributed by atoms with Gasteiger partial charge in [-0.15, -0.1) is 0 Å². The lowest BCUT2D eigenvalue weighted by Gasteiger charge is -2.12. The highest BCUT2D eigenvalue weighted by molar-refractivity contribution is 5.57. The van der Waals surface area contributed by atoms with E-state index in [1.165, 1.54) is 0 Å². The van der Waals surface area contributed by atoms with Crippen molar-refractivity contribution in [1.29, 1.82) is 0 Å². The topological polar surface area (TPSA) is 46.2 Å². The zero-order valence-electron chi connectivity index (χ0n) is 16.6. The Hall–Kier alpha value is -3.70. The van der Waals surface area contributed by atoms with Crippen molar-refractivity contribution >= 4 is 0 Å². The first-order valence-corrected chi connectivity index (χ1v) is 8.37. The van der Waals surface area contributed by atoms with Crippen molar-refractivity contribution in [2.45, 2.75) is 0 Å². The molecule has 0 atom stereocenters. The predicted molar refractivity (Wildman–Crippen MR) is 109 cm³/mol. The lowest BCUT2D eigenvalue weighted by atomic mass is 10.2. The number of methoxy groups -OCH3 is 5. The highest BCUT2D eigenvalue weighted by Gasteiger charge is 2.12. The van der Waals surface area contributed by atoms with Gasteiger partial charge >= 0.3 is 0 Å². The van der Waals surface area contributed by atoms with E-state index in [1.807, 2.05) is 12.1 Å². The number of allylic oxidation sites excluding steroid dienone is 2. The Bertz CT molecular complexity index is 943. The third kappa shape index (κ3) is 5.16. The molecule has 0 N–H and O–H groups in total. The maximum atomic E-state index is 5.32. The molecule has 0 spiro atoms. The maximum absolute atomic E-state index is 5.32. The molecule has 28 heavy (non-hydrogen) atoms. The summed E-state index contributed by atoms with van der Waals surface area (Å²) in [5, 5.41) is 0. The third-order valence-corrected chi connectivity index (χ3v) is 3.75. The van der Waals surface area contributed by atoms with Crippen LogP contribution in [-0.4, -0.2) is 35.5 Å². The average Bonchev–Trinajstić information content (AvgIpc) is 2.75. The van der Waals surface area contributed by atoms with Crippen LogP contribution in [0.2, 0.25) is 0 Å². The second-order valence-corrected chi connectivity index (χ2v) is 5.35. The molecule has 5 heteroatoms. The van der Waals surface area contributed by atoms with Crippen molar-refractivity contribution < 1.29 is 23.7 Å². The van der Waals surface area contributed by atoms with Crippen LogP contribution in [0.15, 0.2) is 42.5 Å². The molecule has 0 bridgehead atoms. The normalized spacial score (nSPS) is 9.61. The monoisotopic (exact) mass is 378 g/mol. The fourth-order valence-electron chi connectivity index (χ4n) is 2.38. The van der Waals surface area contributed by atoms with Gasteiger partial charge in [-0.25, -0.2) is 0 Å². The van der Waals surface area contributed by atoms with Gasteiger partial charge in [0.05, 0.1) is 41.1 Å². The number of hydrogen-bond acceptors (Lipinski definition) is 5. The molecular weight excluding hydrogens is 356 g/mol. The van der Waals surface area contributed by atoms with E-state index in [4.69, 9.17) is 23.7 Å². The Morgan fingerprint density at radius 2 is 1.25 bits per heavy atom. The van der Waals surface area contributed by atoms with Crippen LogP contribution in [0.1, 0.15) is 11.1 Å². The van der Waals surface area contributed by atoms with Crippen molar-refractivity contribution in [3.8, 4) is 52.4 Å². The molecule has 0 aliphatic heterocycles. The first-order valence-electron chi connectivity index (χ1n) is 8.37. The van der Waals surface area contributed by atoms with Gasteiger partial charge in [0, 0.05) is 11.6 Å². The van der Waals surface area contributed by atoms with Gasteiger partial charge in [-0.05, 0) is 36.4 Å². The van der Waals surface area contributed by atoms with Crippen molar-refractivity contribution in [3.05, 3.63) is 53.6 Å². The molecule has 0 saturated carbocycles. The minimum Gasteiger partial charge on any atom is -0.497 e. The van der Waals surface area contributed by atoms with E-state index in [9.17, 15) is 0 Å². The van der Waals surface area contributed by atoms with E-state index in [0.717, 1.165) is 11.1 Å². The smallest absolute Gasteiger partial charge is 0.203 e. The Balaban J connectivity index is 2.16. The lowest BCUT2D eigenvalue weighted by Crippen LogP contribution is -1.95. The maximum Gasteiger partial charge on any atom is 0.203 e. The van der Waals surface area contributed by atoms with Crippen molar-refractivity contribution in [1.82, 2.24) is 0 Å². The summed E-state index contributed by atoms with van der Waals surface area (Å²) in [5.41, 5.74) is 1.51. The summed E-state index contributed by atoms with van der Waals surface area (Å²) in [6, 6.07) is 9.05. The third-order valence-electron chi connectivity index (χ3n) is 3.75. The fraction of sp³-hybridized carbons (Fsp3) is 0.217. The summed E-state index contributed by atoms with van der Waals surface area (Å²) in [6.45, 7) is 0. The summed E-state index contributed by atoms with van der Waals surface area (Å²) in [4.78, 5) is 0. The first kappa shape index (κ1) is 20.6. The van der Waals surface area contributed by atoms with Crippen molar-refractivity contribution in [2.24, 2.45) is 0 Å². The van der Waals surface area contributed by atoms with E-state index < -0.39 is 0 Å². The van der Waals surface area contributed by atoms with Crippen LogP contribution in [-0.2, 0) is 0 Å². The Labute approximate surface area is 165 Å². The van der Waals surface area contributed by atoms with Gasteiger partial charge in [0.15, 0.2) is 11.5 Å². The largest absolute Gasteiger partial charge is 0.497 e. The highest BCUT2D eigenvalue weighted by Crippen LogP contribution is 2.37. The molecule has 0 aliphatic rings. The van der Waals surface area contributed by atoms with Gasteiger partial charge < -0.3 is 23.7 Å². The zero-order valence-corrected chi connectivity index (χ0v) is 16.6. The molecule has 2 aromatic carbocycles. The summed E-state index contributed by atoms with van der Waals surface area (Å²) in [5.74, 6) is 14.9. The second kappa shape index (κ2) is 10.4. The van der Waals surface area contributed by atoms with Crippen LogP contribution >= 0.6 is 0 Å². The van der Waals surface area contributed by atoms with E-state index in [1.54, 1.807) is 65.9 Å². The Kier molecular flexibility index (Phi) is 7.69. The molecule has 2 rings (SSSR count). The summed E-state index contributed by atoms with van der Waals surface area (Å²) < 4.78 is 26.4. The average molecular weight is 378 g/mol. The van der Waals surface area contributed by atoms with Crippen LogP contribution in [0.5, 0.6) is 28.7 Å². The van der Waals surface area contributed by atoms with E-state index in [-0.39, 0.29) is 0 Å². The van der Waals surface area contributed by atoms with Gasteiger partial charge in [-0.3, -0.25) is 0 Å². The molecule has 0 fully saturated rings. The van der Waals surface area contributed by atoms with Gasteiger partial charge in [0.1, 0.15) is 11.5 Å². The Morgan fingerprint density at radius 3 is 1.79 bits per heavy atom. The standard InChI is InChI=1S/C23H22O5/c1-24-19-13-12-18(20(16-19)25-2)11-9-7-6-8-10-17-14-21(26-3)23(28-5)22(15-17)27-4/h6-7,12-16H,1-5H3/b7-6-. The number of hydrogen-bond donors (Lipinski definition) is 0. The lowest BCUT2D eigenvalue weighted by molar-refractivity contribution is 0.324. The first-order chi connectivity index (χ1) is 13.7. The van der Waals surface area contributed by atoms with Crippen LogP contribution in [0, 0.1) is 23.7 Å².